The van der Waals surface area contributed by atoms with Gasteiger partial charge in [0, 0.05) is 30.4 Å². The van der Waals surface area contributed by atoms with Gasteiger partial charge in [0.05, 0.1) is 29.0 Å². The van der Waals surface area contributed by atoms with Crippen molar-refractivity contribution in [1.29, 1.82) is 0 Å². The first-order valence-corrected chi connectivity index (χ1v) is 9.26. The average molecular weight is 357 g/mol. The van der Waals surface area contributed by atoms with Gasteiger partial charge < -0.3 is 4.90 Å². The van der Waals surface area contributed by atoms with Gasteiger partial charge in [-0.1, -0.05) is 18.2 Å². The number of benzene rings is 1. The van der Waals surface area contributed by atoms with E-state index in [-0.39, 0.29) is 11.9 Å². The summed E-state index contributed by atoms with van der Waals surface area (Å²) < 4.78 is 1.74. The third-order valence-electron chi connectivity index (χ3n) is 5.22. The van der Waals surface area contributed by atoms with Crippen molar-refractivity contribution < 1.29 is 4.79 Å². The van der Waals surface area contributed by atoms with Crippen molar-refractivity contribution in [3.63, 3.8) is 0 Å². The molecule has 0 radical (unpaired) electrons. The molecular formula is C21H19N5O. The molecule has 1 saturated heterocycles. The van der Waals surface area contributed by atoms with E-state index in [1.54, 1.807) is 16.9 Å². The first-order valence-electron chi connectivity index (χ1n) is 9.26. The molecule has 6 heteroatoms. The zero-order chi connectivity index (χ0) is 18.2. The van der Waals surface area contributed by atoms with Gasteiger partial charge in [0.15, 0.2) is 5.65 Å². The third-order valence-corrected chi connectivity index (χ3v) is 5.22. The van der Waals surface area contributed by atoms with Crippen LogP contribution < -0.4 is 0 Å². The molecule has 27 heavy (non-hydrogen) atoms. The van der Waals surface area contributed by atoms with Gasteiger partial charge in [0.2, 0.25) is 0 Å². The van der Waals surface area contributed by atoms with Gasteiger partial charge in [-0.05, 0) is 37.5 Å². The highest BCUT2D eigenvalue weighted by molar-refractivity contribution is 5.97. The smallest absolute Gasteiger partial charge is 0.256 e. The highest BCUT2D eigenvalue weighted by Gasteiger charge is 2.30. The van der Waals surface area contributed by atoms with Crippen molar-refractivity contribution in [2.24, 2.45) is 0 Å². The Kier molecular flexibility index (Phi) is 3.81. The van der Waals surface area contributed by atoms with Crippen molar-refractivity contribution in [3.05, 3.63) is 72.3 Å². The van der Waals surface area contributed by atoms with Gasteiger partial charge in [-0.2, -0.15) is 5.10 Å². The van der Waals surface area contributed by atoms with Crippen LogP contribution in [-0.4, -0.2) is 36.9 Å². The molecule has 1 aliphatic rings. The number of fused-ring (bicyclic) bond motifs is 2. The molecule has 1 aromatic carbocycles. The van der Waals surface area contributed by atoms with E-state index in [2.05, 4.69) is 10.1 Å². The number of nitrogens with zero attached hydrogens (tertiary/aromatic N) is 5. The van der Waals surface area contributed by atoms with Crippen molar-refractivity contribution in [1.82, 2.24) is 24.5 Å². The molecule has 4 aromatic rings. The molecule has 0 N–H and O–H groups in total. The highest BCUT2D eigenvalue weighted by Crippen LogP contribution is 2.31. The Morgan fingerprint density at radius 3 is 3.00 bits per heavy atom. The van der Waals surface area contributed by atoms with Crippen LogP contribution in [0.3, 0.4) is 0 Å². The predicted octanol–water partition coefficient (Wildman–Crippen LogP) is 3.64. The van der Waals surface area contributed by atoms with Gasteiger partial charge in [0.25, 0.3) is 5.91 Å². The second kappa shape index (κ2) is 6.46. The van der Waals surface area contributed by atoms with Crippen LogP contribution >= 0.6 is 0 Å². The SMILES string of the molecule is O=C(c1cnc2ccccc2c1)N1CCCCC1c1ccn2nccc2n1. The molecule has 0 aliphatic carbocycles. The topological polar surface area (TPSA) is 63.4 Å². The number of pyridine rings is 1. The van der Waals surface area contributed by atoms with E-state index in [9.17, 15) is 4.79 Å². The lowest BCUT2D eigenvalue weighted by molar-refractivity contribution is 0.0606. The van der Waals surface area contributed by atoms with Crippen LogP contribution in [0.5, 0.6) is 0 Å². The van der Waals surface area contributed by atoms with E-state index < -0.39 is 0 Å². The van der Waals surface area contributed by atoms with Crippen LogP contribution in [0.2, 0.25) is 0 Å². The molecule has 4 heterocycles. The van der Waals surface area contributed by atoms with Crippen LogP contribution in [0.25, 0.3) is 16.6 Å². The molecule has 0 saturated carbocycles. The van der Waals surface area contributed by atoms with Crippen molar-refractivity contribution in [2.45, 2.75) is 25.3 Å². The second-order valence-electron chi connectivity index (χ2n) is 6.91. The van der Waals surface area contributed by atoms with E-state index in [1.165, 1.54) is 0 Å². The fraction of sp³-hybridized carbons (Fsp3) is 0.238. The van der Waals surface area contributed by atoms with E-state index in [0.717, 1.165) is 48.1 Å². The highest BCUT2D eigenvalue weighted by atomic mass is 16.2. The van der Waals surface area contributed by atoms with Crippen LogP contribution in [0, 0.1) is 0 Å². The number of likely N-dealkylation sites (tertiary alicyclic amines) is 1. The first-order chi connectivity index (χ1) is 13.3. The molecule has 1 aliphatic heterocycles. The number of para-hydroxylation sites is 1. The molecule has 1 fully saturated rings. The normalized spacial score (nSPS) is 17.5. The Balaban J connectivity index is 1.51. The number of piperidine rings is 1. The maximum absolute atomic E-state index is 13.3. The van der Waals surface area contributed by atoms with E-state index in [1.807, 2.05) is 53.6 Å². The Hall–Kier alpha value is -3.28. The maximum Gasteiger partial charge on any atom is 0.256 e. The molecule has 1 amide bonds. The number of rotatable bonds is 2. The number of carbonyl (C=O) groups is 1. The largest absolute Gasteiger partial charge is 0.330 e. The van der Waals surface area contributed by atoms with Crippen LogP contribution in [0.15, 0.2) is 61.1 Å². The first kappa shape index (κ1) is 15.9. The number of aromatic nitrogens is 4. The van der Waals surface area contributed by atoms with Crippen LogP contribution in [0.1, 0.15) is 41.4 Å². The standard InChI is InChI=1S/C21H19N5O/c27-21(16-13-15-5-1-2-6-17(15)22-14-16)25-11-4-3-7-19(25)18-9-12-26-20(24-18)8-10-23-26/h1-2,5-6,8-10,12-14,19H,3-4,7,11H2. The lowest BCUT2D eigenvalue weighted by Crippen LogP contribution is -2.39. The molecule has 0 spiro atoms. The van der Waals surface area contributed by atoms with Gasteiger partial charge >= 0.3 is 0 Å². The third kappa shape index (κ3) is 2.83. The Bertz CT molecular complexity index is 1140. The predicted molar refractivity (Wildman–Crippen MR) is 102 cm³/mol. The fourth-order valence-electron chi connectivity index (χ4n) is 3.85. The van der Waals surface area contributed by atoms with Gasteiger partial charge in [-0.25, -0.2) is 9.50 Å². The molecule has 5 rings (SSSR count). The minimum Gasteiger partial charge on any atom is -0.330 e. The summed E-state index contributed by atoms with van der Waals surface area (Å²) in [7, 11) is 0. The number of hydrogen-bond acceptors (Lipinski definition) is 4. The summed E-state index contributed by atoms with van der Waals surface area (Å²) in [6.07, 6.45) is 8.35. The second-order valence-corrected chi connectivity index (χ2v) is 6.91. The van der Waals surface area contributed by atoms with Gasteiger partial charge in [0.1, 0.15) is 0 Å². The number of hydrogen-bond donors (Lipinski definition) is 0. The molecule has 0 bridgehead atoms. The molecule has 3 aromatic heterocycles. The summed E-state index contributed by atoms with van der Waals surface area (Å²) in [5.74, 6) is 0.0214. The summed E-state index contributed by atoms with van der Waals surface area (Å²) in [4.78, 5) is 24.4. The van der Waals surface area contributed by atoms with Crippen molar-refractivity contribution in [2.75, 3.05) is 6.54 Å². The summed E-state index contributed by atoms with van der Waals surface area (Å²) in [5.41, 5.74) is 3.26. The van der Waals surface area contributed by atoms with Gasteiger partial charge in [-0.3, -0.25) is 9.78 Å². The van der Waals surface area contributed by atoms with Crippen molar-refractivity contribution >= 4 is 22.5 Å². The Morgan fingerprint density at radius 2 is 2.04 bits per heavy atom. The molecule has 134 valence electrons. The molecule has 1 atom stereocenters. The van der Waals surface area contributed by atoms with Crippen molar-refractivity contribution in [3.8, 4) is 0 Å². The van der Waals surface area contributed by atoms with E-state index >= 15 is 0 Å². The minimum atomic E-state index is -0.0161. The summed E-state index contributed by atoms with van der Waals surface area (Å²) in [6.45, 7) is 0.739. The zero-order valence-electron chi connectivity index (χ0n) is 14.8. The summed E-state index contributed by atoms with van der Waals surface area (Å²) in [6, 6.07) is 13.6. The molecule has 6 nitrogen and oxygen atoms in total. The Morgan fingerprint density at radius 1 is 1.11 bits per heavy atom. The average Bonchev–Trinajstić information content (AvgIpc) is 3.21. The zero-order valence-corrected chi connectivity index (χ0v) is 14.8. The molecule has 1 unspecified atom stereocenters. The summed E-state index contributed by atoms with van der Waals surface area (Å²) in [5, 5.41) is 5.18. The number of amides is 1. The van der Waals surface area contributed by atoms with E-state index in [0.29, 0.717) is 5.56 Å². The quantitative estimate of drug-likeness (QED) is 0.549. The molecular weight excluding hydrogens is 338 g/mol. The maximum atomic E-state index is 13.3. The van der Waals surface area contributed by atoms with Crippen LogP contribution in [-0.2, 0) is 0 Å². The fourth-order valence-corrected chi connectivity index (χ4v) is 3.85. The minimum absolute atomic E-state index is 0.0161. The summed E-state index contributed by atoms with van der Waals surface area (Å²) >= 11 is 0. The lowest BCUT2D eigenvalue weighted by Gasteiger charge is -2.35. The van der Waals surface area contributed by atoms with Crippen LogP contribution in [0.4, 0.5) is 0 Å². The lowest BCUT2D eigenvalue weighted by atomic mass is 9.98. The van der Waals surface area contributed by atoms with Gasteiger partial charge in [-0.15, -0.1) is 0 Å². The number of carbonyl (C=O) groups excluding carboxylic acids is 1. The Labute approximate surface area is 156 Å². The monoisotopic (exact) mass is 357 g/mol. The van der Waals surface area contributed by atoms with E-state index in [4.69, 9.17) is 4.98 Å².